The Morgan fingerprint density at radius 3 is 2.15 bits per heavy atom. The molecule has 1 atom stereocenters. The normalized spacial score (nSPS) is 13.8. The van der Waals surface area contributed by atoms with Gasteiger partial charge in [0.15, 0.2) is 0 Å². The largest absolute Gasteiger partial charge is 0.391 e. The molecule has 0 aliphatic carbocycles. The quantitative estimate of drug-likeness (QED) is 0.593. The fraction of sp³-hybridized carbons (Fsp3) is 0.636. The van der Waals surface area contributed by atoms with Crippen molar-refractivity contribution in [3.05, 3.63) is 25.3 Å². The third-order valence-electron chi connectivity index (χ3n) is 2.27. The number of aliphatic hydroxyl groups is 1. The minimum atomic E-state index is -0.570. The van der Waals surface area contributed by atoms with Crippen LogP contribution in [-0.4, -0.2) is 16.7 Å². The molecule has 0 fully saturated rings. The average Bonchev–Trinajstić information content (AvgIpc) is 2.05. The predicted octanol–water partition coefficient (Wildman–Crippen LogP) is 2.00. The van der Waals surface area contributed by atoms with Gasteiger partial charge in [-0.15, -0.1) is 13.2 Å². The van der Waals surface area contributed by atoms with Crippen molar-refractivity contribution in [1.82, 2.24) is 0 Å². The highest BCUT2D eigenvalue weighted by atomic mass is 16.3. The number of hydrogen-bond acceptors (Lipinski definition) is 2. The van der Waals surface area contributed by atoms with Crippen LogP contribution in [0.3, 0.4) is 0 Å². The lowest BCUT2D eigenvalue weighted by Crippen LogP contribution is -2.50. The van der Waals surface area contributed by atoms with Crippen LogP contribution in [0.5, 0.6) is 0 Å². The molecule has 0 aromatic carbocycles. The van der Waals surface area contributed by atoms with Gasteiger partial charge in [-0.2, -0.15) is 0 Å². The zero-order valence-corrected chi connectivity index (χ0v) is 8.50. The van der Waals surface area contributed by atoms with Crippen molar-refractivity contribution in [2.75, 3.05) is 0 Å². The van der Waals surface area contributed by atoms with Crippen LogP contribution in [0.4, 0.5) is 0 Å². The minimum absolute atomic E-state index is 0.464. The summed E-state index contributed by atoms with van der Waals surface area (Å²) < 4.78 is 0. The van der Waals surface area contributed by atoms with Crippen molar-refractivity contribution in [3.63, 3.8) is 0 Å². The van der Waals surface area contributed by atoms with Gasteiger partial charge in [-0.05, 0) is 19.3 Å². The predicted molar refractivity (Wildman–Crippen MR) is 57.5 cm³/mol. The lowest BCUT2D eigenvalue weighted by atomic mass is 9.84. The van der Waals surface area contributed by atoms with Crippen molar-refractivity contribution in [1.29, 1.82) is 0 Å². The first-order chi connectivity index (χ1) is 6.10. The van der Waals surface area contributed by atoms with Crippen molar-refractivity contribution in [2.24, 2.45) is 5.73 Å². The van der Waals surface area contributed by atoms with Gasteiger partial charge in [-0.1, -0.05) is 25.5 Å². The summed E-state index contributed by atoms with van der Waals surface area (Å²) in [5, 5.41) is 9.81. The molecule has 0 radical (unpaired) electrons. The van der Waals surface area contributed by atoms with E-state index in [4.69, 9.17) is 5.73 Å². The summed E-state index contributed by atoms with van der Waals surface area (Å²) >= 11 is 0. The van der Waals surface area contributed by atoms with E-state index in [1.165, 1.54) is 0 Å². The van der Waals surface area contributed by atoms with Crippen molar-refractivity contribution in [3.8, 4) is 0 Å². The third-order valence-corrected chi connectivity index (χ3v) is 2.27. The molecule has 76 valence electrons. The highest BCUT2D eigenvalue weighted by Gasteiger charge is 2.30. The van der Waals surface area contributed by atoms with Gasteiger partial charge in [0, 0.05) is 5.54 Å². The van der Waals surface area contributed by atoms with E-state index in [-0.39, 0.29) is 0 Å². The lowest BCUT2D eigenvalue weighted by Gasteiger charge is -2.32. The molecule has 3 N–H and O–H groups in total. The number of hydrogen-bond donors (Lipinski definition) is 2. The van der Waals surface area contributed by atoms with Gasteiger partial charge in [0.25, 0.3) is 0 Å². The van der Waals surface area contributed by atoms with Crippen LogP contribution < -0.4 is 5.73 Å². The maximum Gasteiger partial charge on any atom is 0.0725 e. The first-order valence-electron chi connectivity index (χ1n) is 4.79. The van der Waals surface area contributed by atoms with Crippen molar-refractivity contribution >= 4 is 0 Å². The number of aliphatic hydroxyl groups excluding tert-OH is 1. The Labute approximate surface area is 81.1 Å². The number of rotatable bonds is 7. The van der Waals surface area contributed by atoms with Crippen molar-refractivity contribution in [2.45, 2.75) is 44.2 Å². The molecule has 0 aromatic heterocycles. The molecule has 0 rings (SSSR count). The van der Waals surface area contributed by atoms with E-state index in [0.717, 1.165) is 12.8 Å². The van der Waals surface area contributed by atoms with Crippen LogP contribution in [-0.2, 0) is 0 Å². The molecule has 13 heavy (non-hydrogen) atoms. The van der Waals surface area contributed by atoms with Gasteiger partial charge < -0.3 is 10.8 Å². The minimum Gasteiger partial charge on any atom is -0.391 e. The molecule has 0 saturated heterocycles. The molecule has 2 nitrogen and oxygen atoms in total. The standard InChI is InChI=1S/C11H21NO/c1-4-7-10(13)11(12,8-5-2)9-6-3/h5-6,10,13H,2-4,7-9,12H2,1H3/t10-/m1/s1. The molecule has 2 heteroatoms. The Morgan fingerprint density at radius 1 is 1.38 bits per heavy atom. The molecule has 0 aliphatic heterocycles. The summed E-state index contributed by atoms with van der Waals surface area (Å²) in [4.78, 5) is 0. The molecule has 0 unspecified atom stereocenters. The van der Waals surface area contributed by atoms with E-state index in [1.807, 2.05) is 6.92 Å². The van der Waals surface area contributed by atoms with E-state index < -0.39 is 11.6 Å². The fourth-order valence-electron chi connectivity index (χ4n) is 1.45. The highest BCUT2D eigenvalue weighted by Crippen LogP contribution is 2.21. The van der Waals surface area contributed by atoms with Crippen LogP contribution in [0.1, 0.15) is 32.6 Å². The summed E-state index contributed by atoms with van der Waals surface area (Å²) in [5.74, 6) is 0. The number of nitrogens with two attached hydrogens (primary N) is 1. The van der Waals surface area contributed by atoms with E-state index in [0.29, 0.717) is 12.8 Å². The van der Waals surface area contributed by atoms with Crippen LogP contribution in [0.2, 0.25) is 0 Å². The molecular formula is C11H21NO. The van der Waals surface area contributed by atoms with Gasteiger partial charge in [-0.3, -0.25) is 0 Å². The second-order valence-electron chi connectivity index (χ2n) is 3.52. The summed E-state index contributed by atoms with van der Waals surface area (Å²) in [6, 6.07) is 0. The molecule has 0 aromatic rings. The van der Waals surface area contributed by atoms with E-state index in [1.54, 1.807) is 12.2 Å². The van der Waals surface area contributed by atoms with E-state index >= 15 is 0 Å². The monoisotopic (exact) mass is 183 g/mol. The molecule has 0 saturated carbocycles. The molecule has 0 aliphatic rings. The Bertz CT molecular complexity index is 155. The summed E-state index contributed by atoms with van der Waals surface area (Å²) in [6.45, 7) is 9.32. The van der Waals surface area contributed by atoms with E-state index in [9.17, 15) is 5.11 Å². The zero-order valence-electron chi connectivity index (χ0n) is 8.50. The smallest absolute Gasteiger partial charge is 0.0725 e. The molecule has 0 spiro atoms. The summed E-state index contributed by atoms with van der Waals surface area (Å²) in [6.07, 6.45) is 5.96. The summed E-state index contributed by atoms with van der Waals surface area (Å²) in [7, 11) is 0. The maximum absolute atomic E-state index is 9.81. The van der Waals surface area contributed by atoms with Gasteiger partial charge in [-0.25, -0.2) is 0 Å². The average molecular weight is 183 g/mol. The topological polar surface area (TPSA) is 46.2 Å². The third kappa shape index (κ3) is 3.75. The first-order valence-corrected chi connectivity index (χ1v) is 4.79. The molecular weight excluding hydrogens is 162 g/mol. The molecule has 0 heterocycles. The van der Waals surface area contributed by atoms with Crippen LogP contribution in [0.25, 0.3) is 0 Å². The van der Waals surface area contributed by atoms with Crippen LogP contribution in [0.15, 0.2) is 25.3 Å². The maximum atomic E-state index is 9.81. The van der Waals surface area contributed by atoms with E-state index in [2.05, 4.69) is 13.2 Å². The van der Waals surface area contributed by atoms with Crippen molar-refractivity contribution < 1.29 is 5.11 Å². The Balaban J connectivity index is 4.34. The van der Waals surface area contributed by atoms with Crippen LogP contribution in [0, 0.1) is 0 Å². The zero-order chi connectivity index (χ0) is 10.3. The SMILES string of the molecule is C=CCC(N)(CC=C)[C@H](O)CCC. The van der Waals surface area contributed by atoms with Gasteiger partial charge in [0.2, 0.25) is 0 Å². The Kier molecular flexibility index (Phi) is 5.67. The van der Waals surface area contributed by atoms with Gasteiger partial charge in [0.05, 0.1) is 6.10 Å². The highest BCUT2D eigenvalue weighted by molar-refractivity contribution is 5.00. The first kappa shape index (κ1) is 12.4. The molecule has 0 amide bonds. The van der Waals surface area contributed by atoms with Gasteiger partial charge in [0.1, 0.15) is 0 Å². The lowest BCUT2D eigenvalue weighted by molar-refractivity contribution is 0.0777. The second-order valence-corrected chi connectivity index (χ2v) is 3.52. The Hall–Kier alpha value is -0.600. The summed E-state index contributed by atoms with van der Waals surface area (Å²) in [5.41, 5.74) is 5.49. The molecule has 0 bridgehead atoms. The Morgan fingerprint density at radius 2 is 1.85 bits per heavy atom. The fourth-order valence-corrected chi connectivity index (χ4v) is 1.45. The van der Waals surface area contributed by atoms with Gasteiger partial charge >= 0.3 is 0 Å². The van der Waals surface area contributed by atoms with Crippen LogP contribution >= 0.6 is 0 Å². The second kappa shape index (κ2) is 5.95.